The minimum absolute atomic E-state index is 0.120. The van der Waals surface area contributed by atoms with Gasteiger partial charge in [0.2, 0.25) is 5.91 Å². The number of carbonyl (C=O) groups is 2. The second-order valence-electron chi connectivity index (χ2n) is 3.94. The third kappa shape index (κ3) is 2.37. The number of hydrogen-bond acceptors (Lipinski definition) is 3. The van der Waals surface area contributed by atoms with Crippen molar-refractivity contribution < 1.29 is 14.3 Å². The van der Waals surface area contributed by atoms with Crippen LogP contribution in [0.15, 0.2) is 11.6 Å². The first-order chi connectivity index (χ1) is 7.27. The lowest BCUT2D eigenvalue weighted by Crippen LogP contribution is -2.31. The van der Waals surface area contributed by atoms with Crippen LogP contribution in [-0.2, 0) is 9.53 Å². The van der Waals surface area contributed by atoms with E-state index in [1.807, 2.05) is 0 Å². The van der Waals surface area contributed by atoms with Crippen LogP contribution in [0.1, 0.15) is 32.1 Å². The molecule has 2 rings (SSSR count). The number of carbonyl (C=O) groups excluding carboxylic acids is 2. The quantitative estimate of drug-likeness (QED) is 0.652. The number of hydrogen-bond donors (Lipinski definition) is 0. The predicted octanol–water partition coefficient (Wildman–Crippen LogP) is 1.86. The van der Waals surface area contributed by atoms with E-state index in [-0.39, 0.29) is 5.91 Å². The zero-order valence-corrected chi connectivity index (χ0v) is 8.70. The number of cyclic esters (lactones) is 1. The summed E-state index contributed by atoms with van der Waals surface area (Å²) in [7, 11) is 0. The Morgan fingerprint density at radius 1 is 1.47 bits per heavy atom. The molecule has 1 heterocycles. The highest BCUT2D eigenvalue weighted by molar-refractivity contribution is 5.94. The van der Waals surface area contributed by atoms with Crippen LogP contribution >= 0.6 is 0 Å². The van der Waals surface area contributed by atoms with Crippen molar-refractivity contribution in [2.45, 2.75) is 32.1 Å². The van der Waals surface area contributed by atoms with Gasteiger partial charge in [-0.2, -0.15) is 0 Å². The summed E-state index contributed by atoms with van der Waals surface area (Å²) in [4.78, 5) is 24.0. The summed E-state index contributed by atoms with van der Waals surface area (Å²) in [6.07, 6.45) is 6.45. The maximum Gasteiger partial charge on any atom is 0.416 e. The second kappa shape index (κ2) is 4.47. The molecule has 0 bridgehead atoms. The Morgan fingerprint density at radius 3 is 2.93 bits per heavy atom. The van der Waals surface area contributed by atoms with Gasteiger partial charge in [-0.15, -0.1) is 0 Å². The largest absolute Gasteiger partial charge is 0.447 e. The van der Waals surface area contributed by atoms with E-state index in [2.05, 4.69) is 6.08 Å². The molecule has 0 atom stereocenters. The lowest BCUT2D eigenvalue weighted by Gasteiger charge is -2.15. The van der Waals surface area contributed by atoms with Gasteiger partial charge in [-0.3, -0.25) is 4.79 Å². The highest BCUT2D eigenvalue weighted by atomic mass is 16.6. The van der Waals surface area contributed by atoms with Crippen molar-refractivity contribution in [3.05, 3.63) is 11.6 Å². The van der Waals surface area contributed by atoms with Gasteiger partial charge in [0.1, 0.15) is 6.61 Å². The van der Waals surface area contributed by atoms with E-state index in [1.54, 1.807) is 0 Å². The summed E-state index contributed by atoms with van der Waals surface area (Å²) in [5.41, 5.74) is 1.17. The van der Waals surface area contributed by atoms with Crippen LogP contribution < -0.4 is 0 Å². The summed E-state index contributed by atoms with van der Waals surface area (Å²) < 4.78 is 4.72. The van der Waals surface area contributed by atoms with Crippen LogP contribution in [0.4, 0.5) is 4.79 Å². The maximum absolute atomic E-state index is 11.7. The van der Waals surface area contributed by atoms with Crippen molar-refractivity contribution in [3.8, 4) is 0 Å². The van der Waals surface area contributed by atoms with E-state index in [9.17, 15) is 9.59 Å². The molecule has 2 aliphatic rings. The molecule has 1 aliphatic heterocycles. The van der Waals surface area contributed by atoms with Gasteiger partial charge < -0.3 is 4.74 Å². The zero-order valence-electron chi connectivity index (χ0n) is 8.70. The first kappa shape index (κ1) is 10.2. The molecule has 0 radical (unpaired) electrons. The maximum atomic E-state index is 11.7. The summed E-state index contributed by atoms with van der Waals surface area (Å²) in [6.45, 7) is 0.745. The summed E-state index contributed by atoms with van der Waals surface area (Å²) in [6, 6.07) is 0. The monoisotopic (exact) mass is 209 g/mol. The van der Waals surface area contributed by atoms with Crippen molar-refractivity contribution in [2.75, 3.05) is 13.2 Å². The fraction of sp³-hybridized carbons (Fsp3) is 0.636. The molecule has 0 aromatic carbocycles. The van der Waals surface area contributed by atoms with Gasteiger partial charge in [0.25, 0.3) is 0 Å². The Hall–Kier alpha value is -1.32. The number of imide groups is 1. The van der Waals surface area contributed by atoms with Gasteiger partial charge in [0, 0.05) is 6.42 Å². The average molecular weight is 209 g/mol. The first-order valence-corrected chi connectivity index (χ1v) is 5.42. The van der Waals surface area contributed by atoms with Crippen molar-refractivity contribution >= 4 is 12.0 Å². The molecule has 1 saturated heterocycles. The third-order valence-electron chi connectivity index (χ3n) is 2.83. The fourth-order valence-corrected chi connectivity index (χ4v) is 1.97. The topological polar surface area (TPSA) is 46.6 Å². The molecule has 82 valence electrons. The van der Waals surface area contributed by atoms with Gasteiger partial charge in [0.15, 0.2) is 0 Å². The molecule has 0 N–H and O–H groups in total. The van der Waals surface area contributed by atoms with E-state index in [4.69, 9.17) is 4.74 Å². The molecule has 2 amide bonds. The number of nitrogens with zero attached hydrogens (tertiary/aromatic N) is 1. The van der Waals surface area contributed by atoms with Crippen molar-refractivity contribution in [1.29, 1.82) is 0 Å². The predicted molar refractivity (Wildman–Crippen MR) is 54.2 cm³/mol. The molecule has 1 fully saturated rings. The highest BCUT2D eigenvalue weighted by Gasteiger charge is 2.28. The first-order valence-electron chi connectivity index (χ1n) is 5.42. The van der Waals surface area contributed by atoms with E-state index in [0.29, 0.717) is 19.6 Å². The van der Waals surface area contributed by atoms with E-state index in [0.717, 1.165) is 19.3 Å². The fourth-order valence-electron chi connectivity index (χ4n) is 1.97. The van der Waals surface area contributed by atoms with E-state index in [1.165, 1.54) is 16.9 Å². The summed E-state index contributed by atoms with van der Waals surface area (Å²) in [5.74, 6) is -0.120. The third-order valence-corrected chi connectivity index (χ3v) is 2.83. The van der Waals surface area contributed by atoms with Crippen molar-refractivity contribution in [3.63, 3.8) is 0 Å². The normalized spacial score (nSPS) is 21.2. The van der Waals surface area contributed by atoms with Gasteiger partial charge in [-0.1, -0.05) is 11.6 Å². The SMILES string of the molecule is O=C(CC1=CCCCC1)N1CCOC1=O. The molecule has 1 aliphatic carbocycles. The summed E-state index contributed by atoms with van der Waals surface area (Å²) >= 11 is 0. The zero-order chi connectivity index (χ0) is 10.7. The van der Waals surface area contributed by atoms with Crippen LogP contribution in [0.2, 0.25) is 0 Å². The molecule has 0 spiro atoms. The minimum Gasteiger partial charge on any atom is -0.447 e. The van der Waals surface area contributed by atoms with Crippen LogP contribution in [0.25, 0.3) is 0 Å². The van der Waals surface area contributed by atoms with Gasteiger partial charge in [-0.25, -0.2) is 9.69 Å². The highest BCUT2D eigenvalue weighted by Crippen LogP contribution is 2.21. The Labute approximate surface area is 88.9 Å². The van der Waals surface area contributed by atoms with Crippen molar-refractivity contribution in [2.24, 2.45) is 0 Å². The Kier molecular flexibility index (Phi) is 3.04. The average Bonchev–Trinajstić information content (AvgIpc) is 2.66. The number of ether oxygens (including phenoxy) is 1. The van der Waals surface area contributed by atoms with Crippen LogP contribution in [0.3, 0.4) is 0 Å². The summed E-state index contributed by atoms with van der Waals surface area (Å²) in [5, 5.41) is 0. The lowest BCUT2D eigenvalue weighted by atomic mass is 9.97. The van der Waals surface area contributed by atoms with Crippen LogP contribution in [0, 0.1) is 0 Å². The smallest absolute Gasteiger partial charge is 0.416 e. The Morgan fingerprint density at radius 2 is 2.33 bits per heavy atom. The van der Waals surface area contributed by atoms with Gasteiger partial charge in [-0.05, 0) is 25.7 Å². The van der Waals surface area contributed by atoms with Crippen LogP contribution in [-0.4, -0.2) is 30.1 Å². The van der Waals surface area contributed by atoms with Crippen LogP contribution in [0.5, 0.6) is 0 Å². The Bertz CT molecular complexity index is 309. The van der Waals surface area contributed by atoms with Gasteiger partial charge in [0.05, 0.1) is 6.54 Å². The standard InChI is InChI=1S/C11H15NO3/c13-10(12-6-7-15-11(12)14)8-9-4-2-1-3-5-9/h4H,1-3,5-8H2. The molecule has 0 aromatic rings. The number of allylic oxidation sites excluding steroid dienone is 1. The second-order valence-corrected chi connectivity index (χ2v) is 3.94. The lowest BCUT2D eigenvalue weighted by molar-refractivity contribution is -0.127. The molecule has 0 aromatic heterocycles. The molecule has 0 saturated carbocycles. The van der Waals surface area contributed by atoms with E-state index >= 15 is 0 Å². The molecular formula is C11H15NO3. The number of amides is 2. The molecule has 15 heavy (non-hydrogen) atoms. The molecule has 4 nitrogen and oxygen atoms in total. The molecular weight excluding hydrogens is 194 g/mol. The number of rotatable bonds is 2. The van der Waals surface area contributed by atoms with Crippen molar-refractivity contribution in [1.82, 2.24) is 4.90 Å². The Balaban J connectivity index is 1.91. The van der Waals surface area contributed by atoms with E-state index < -0.39 is 6.09 Å². The van der Waals surface area contributed by atoms with Gasteiger partial charge >= 0.3 is 6.09 Å². The molecule has 4 heteroatoms. The molecule has 0 unspecified atom stereocenters. The minimum atomic E-state index is -0.489.